The summed E-state index contributed by atoms with van der Waals surface area (Å²) in [5, 5.41) is -0.201. The summed E-state index contributed by atoms with van der Waals surface area (Å²) < 4.78 is 56.7. The fourth-order valence-electron chi connectivity index (χ4n) is 3.61. The molecule has 4 nitrogen and oxygen atoms in total. The molecule has 1 fully saturated rings. The van der Waals surface area contributed by atoms with Crippen LogP contribution in [0, 0.1) is 5.82 Å². The molecule has 31 heavy (non-hydrogen) atoms. The molecule has 0 N–H and O–H groups in total. The number of amides is 1. The number of benzene rings is 2. The van der Waals surface area contributed by atoms with E-state index in [0.29, 0.717) is 19.6 Å². The van der Waals surface area contributed by atoms with Gasteiger partial charge in [0.15, 0.2) is 6.61 Å². The molecule has 1 amide bonds. The van der Waals surface area contributed by atoms with Crippen LogP contribution in [0.15, 0.2) is 42.5 Å². The van der Waals surface area contributed by atoms with Gasteiger partial charge in [-0.05, 0) is 49.7 Å². The highest BCUT2D eigenvalue weighted by Crippen LogP contribution is 2.34. The normalized spacial score (nSPS) is 20.0. The summed E-state index contributed by atoms with van der Waals surface area (Å²) in [6.07, 6.45) is -4.50. The minimum atomic E-state index is -4.50. The van der Waals surface area contributed by atoms with Crippen molar-refractivity contribution in [2.24, 2.45) is 0 Å². The highest BCUT2D eigenvalue weighted by Gasteiger charge is 2.33. The number of carbonyl (C=O) groups is 1. The Kier molecular flexibility index (Phi) is 7.11. The van der Waals surface area contributed by atoms with E-state index in [-0.39, 0.29) is 41.2 Å². The molecule has 2 aromatic carbocycles. The SMILES string of the molecule is CC1CN(C(=O)COc2ccc(C(F)(F)F)cc2Cl)C(C)CN1Cc1ccc(F)cc1. The number of carbonyl (C=O) groups excluding carboxylic acids is 1. The largest absolute Gasteiger partial charge is 0.482 e. The van der Waals surface area contributed by atoms with Gasteiger partial charge in [0.25, 0.3) is 5.91 Å². The number of hydrogen-bond donors (Lipinski definition) is 0. The standard InChI is InChI=1S/C22H23ClF4N2O2/c1-14-11-29(15(2)10-28(14)12-16-3-6-18(24)7-4-16)21(30)13-31-20-8-5-17(9-19(20)23)22(25,26)27/h3-9,14-15H,10-13H2,1-2H3. The van der Waals surface area contributed by atoms with Crippen molar-refractivity contribution in [2.45, 2.75) is 38.7 Å². The molecule has 3 rings (SSSR count). The van der Waals surface area contributed by atoms with Crippen LogP contribution in [-0.4, -0.2) is 47.5 Å². The molecule has 2 unspecified atom stereocenters. The molecule has 168 valence electrons. The van der Waals surface area contributed by atoms with Gasteiger partial charge in [-0.2, -0.15) is 13.2 Å². The number of hydrogen-bond acceptors (Lipinski definition) is 3. The van der Waals surface area contributed by atoms with Gasteiger partial charge in [0.2, 0.25) is 0 Å². The van der Waals surface area contributed by atoms with Crippen LogP contribution >= 0.6 is 11.6 Å². The average molecular weight is 459 g/mol. The summed E-state index contributed by atoms with van der Waals surface area (Å²) in [6, 6.07) is 9.07. The molecule has 1 aliphatic rings. The lowest BCUT2D eigenvalue weighted by atomic mass is 10.1. The molecule has 9 heteroatoms. The molecule has 2 atom stereocenters. The zero-order valence-corrected chi connectivity index (χ0v) is 17.9. The van der Waals surface area contributed by atoms with Crippen LogP contribution in [0.4, 0.5) is 17.6 Å². The predicted octanol–water partition coefficient (Wildman–Crippen LogP) is 5.00. The van der Waals surface area contributed by atoms with Crippen molar-refractivity contribution in [1.29, 1.82) is 0 Å². The third kappa shape index (κ3) is 5.89. The van der Waals surface area contributed by atoms with E-state index in [2.05, 4.69) is 4.90 Å². The molecule has 0 aromatic heterocycles. The molecular formula is C22H23ClF4N2O2. The quantitative estimate of drug-likeness (QED) is 0.591. The number of piperazine rings is 1. The maximum atomic E-state index is 13.1. The Bertz CT molecular complexity index is 921. The lowest BCUT2D eigenvalue weighted by Gasteiger charge is -2.44. The second kappa shape index (κ2) is 9.44. The third-order valence-electron chi connectivity index (χ3n) is 5.34. The molecule has 2 aromatic rings. The minimum absolute atomic E-state index is 0.0265. The third-order valence-corrected chi connectivity index (χ3v) is 5.64. The van der Waals surface area contributed by atoms with Gasteiger partial charge in [-0.25, -0.2) is 4.39 Å². The summed E-state index contributed by atoms with van der Waals surface area (Å²) in [6.45, 7) is 5.36. The number of rotatable bonds is 5. The van der Waals surface area contributed by atoms with Gasteiger partial charge in [0.05, 0.1) is 10.6 Å². The zero-order valence-electron chi connectivity index (χ0n) is 17.1. The van der Waals surface area contributed by atoms with Crippen LogP contribution in [-0.2, 0) is 17.5 Å². The minimum Gasteiger partial charge on any atom is -0.482 e. The first-order valence-electron chi connectivity index (χ1n) is 9.82. The average Bonchev–Trinajstić information content (AvgIpc) is 2.70. The van der Waals surface area contributed by atoms with Gasteiger partial charge in [-0.1, -0.05) is 23.7 Å². The Labute approximate surface area is 183 Å². The first-order chi connectivity index (χ1) is 14.5. The van der Waals surface area contributed by atoms with E-state index in [0.717, 1.165) is 23.8 Å². The van der Waals surface area contributed by atoms with Crippen molar-refractivity contribution in [3.8, 4) is 5.75 Å². The number of nitrogens with zero attached hydrogens (tertiary/aromatic N) is 2. The molecule has 0 radical (unpaired) electrons. The van der Waals surface area contributed by atoms with Crippen molar-refractivity contribution in [2.75, 3.05) is 19.7 Å². The van der Waals surface area contributed by atoms with Gasteiger partial charge >= 0.3 is 6.18 Å². The smallest absolute Gasteiger partial charge is 0.416 e. The van der Waals surface area contributed by atoms with E-state index in [9.17, 15) is 22.4 Å². The van der Waals surface area contributed by atoms with E-state index in [1.807, 2.05) is 13.8 Å². The fourth-order valence-corrected chi connectivity index (χ4v) is 3.84. The van der Waals surface area contributed by atoms with Crippen LogP contribution < -0.4 is 4.74 Å². The lowest BCUT2D eigenvalue weighted by Crippen LogP contribution is -2.58. The Morgan fingerprint density at radius 2 is 1.77 bits per heavy atom. The van der Waals surface area contributed by atoms with Crippen LogP contribution in [0.5, 0.6) is 5.75 Å². The van der Waals surface area contributed by atoms with Crippen molar-refractivity contribution in [3.63, 3.8) is 0 Å². The second-order valence-electron chi connectivity index (χ2n) is 7.73. The van der Waals surface area contributed by atoms with Gasteiger partial charge in [-0.3, -0.25) is 9.69 Å². The molecule has 0 spiro atoms. The molecule has 0 saturated carbocycles. The van der Waals surface area contributed by atoms with Gasteiger partial charge in [0, 0.05) is 31.7 Å². The summed E-state index contributed by atoms with van der Waals surface area (Å²) in [4.78, 5) is 16.6. The number of halogens is 5. The van der Waals surface area contributed by atoms with Gasteiger partial charge in [-0.15, -0.1) is 0 Å². The Hall–Kier alpha value is -2.32. The van der Waals surface area contributed by atoms with Gasteiger partial charge in [0.1, 0.15) is 11.6 Å². The maximum absolute atomic E-state index is 13.1. The van der Waals surface area contributed by atoms with Crippen LogP contribution in [0.1, 0.15) is 25.0 Å². The summed E-state index contributed by atoms with van der Waals surface area (Å²) in [7, 11) is 0. The fraction of sp³-hybridized carbons (Fsp3) is 0.409. The van der Waals surface area contributed by atoms with E-state index in [4.69, 9.17) is 16.3 Å². The van der Waals surface area contributed by atoms with E-state index in [1.165, 1.54) is 12.1 Å². The van der Waals surface area contributed by atoms with E-state index >= 15 is 0 Å². The Morgan fingerprint density at radius 1 is 1.10 bits per heavy atom. The highest BCUT2D eigenvalue weighted by molar-refractivity contribution is 6.32. The first-order valence-corrected chi connectivity index (χ1v) is 10.2. The highest BCUT2D eigenvalue weighted by atomic mass is 35.5. The van der Waals surface area contributed by atoms with Crippen LogP contribution in [0.3, 0.4) is 0 Å². The molecular weight excluding hydrogens is 436 g/mol. The maximum Gasteiger partial charge on any atom is 0.416 e. The Morgan fingerprint density at radius 3 is 2.39 bits per heavy atom. The summed E-state index contributed by atoms with van der Waals surface area (Å²) >= 11 is 5.88. The van der Waals surface area contributed by atoms with Gasteiger partial charge < -0.3 is 9.64 Å². The molecule has 1 heterocycles. The van der Waals surface area contributed by atoms with E-state index in [1.54, 1.807) is 17.0 Å². The molecule has 1 aliphatic heterocycles. The van der Waals surface area contributed by atoms with Crippen LogP contribution in [0.2, 0.25) is 5.02 Å². The van der Waals surface area contributed by atoms with E-state index < -0.39 is 11.7 Å². The topological polar surface area (TPSA) is 32.8 Å². The number of ether oxygens (including phenoxy) is 1. The predicted molar refractivity (Wildman–Crippen MR) is 109 cm³/mol. The monoisotopic (exact) mass is 458 g/mol. The summed E-state index contributed by atoms with van der Waals surface area (Å²) in [5.74, 6) is -0.524. The Balaban J connectivity index is 1.57. The molecule has 0 aliphatic carbocycles. The first kappa shape index (κ1) is 23.3. The molecule has 0 bridgehead atoms. The summed E-state index contributed by atoms with van der Waals surface area (Å²) in [5.41, 5.74) is 0.108. The zero-order chi connectivity index (χ0) is 22.8. The lowest BCUT2D eigenvalue weighted by molar-refractivity contribution is -0.140. The van der Waals surface area contributed by atoms with Crippen molar-refractivity contribution >= 4 is 17.5 Å². The molecule has 1 saturated heterocycles. The van der Waals surface area contributed by atoms with Crippen molar-refractivity contribution < 1.29 is 27.1 Å². The number of alkyl halides is 3. The van der Waals surface area contributed by atoms with Crippen LogP contribution in [0.25, 0.3) is 0 Å². The van der Waals surface area contributed by atoms with Crippen molar-refractivity contribution in [3.05, 3.63) is 64.4 Å². The second-order valence-corrected chi connectivity index (χ2v) is 8.14. The van der Waals surface area contributed by atoms with Crippen molar-refractivity contribution in [1.82, 2.24) is 9.80 Å².